The van der Waals surface area contributed by atoms with Gasteiger partial charge in [-0.25, -0.2) is 4.42 Å². The molecule has 0 saturated heterocycles. The molecule has 0 bridgehead atoms. The van der Waals surface area contributed by atoms with E-state index < -0.39 is 0 Å². The molecular weight excluding hydrogens is 322 g/mol. The second kappa shape index (κ2) is 7.99. The van der Waals surface area contributed by atoms with Crippen LogP contribution >= 0.6 is 35.3 Å². The van der Waals surface area contributed by atoms with Crippen LogP contribution in [0.5, 0.6) is 0 Å². The van der Waals surface area contributed by atoms with Gasteiger partial charge in [-0.2, -0.15) is 5.26 Å². The Labute approximate surface area is 137 Å². The number of aliphatic imine (C=N–C) groups is 1. The largest absolute Gasteiger partial charge is 0.230 e. The van der Waals surface area contributed by atoms with Crippen LogP contribution in [0.25, 0.3) is 0 Å². The van der Waals surface area contributed by atoms with Gasteiger partial charge in [0.25, 0.3) is 0 Å². The van der Waals surface area contributed by atoms with E-state index in [1.165, 1.54) is 21.1 Å². The molecule has 6 heteroatoms. The summed E-state index contributed by atoms with van der Waals surface area (Å²) in [5, 5.41) is 9.08. The number of benzene rings is 2. The number of amidine groups is 1. The topological polar surface area (TPSA) is 39.4 Å². The van der Waals surface area contributed by atoms with Crippen LogP contribution in [0.1, 0.15) is 0 Å². The molecule has 2 aromatic rings. The fraction of sp³-hybridized carbons (Fsp3) is 0.0667. The van der Waals surface area contributed by atoms with Crippen molar-refractivity contribution in [1.82, 2.24) is 0 Å². The molecule has 106 valence electrons. The third kappa shape index (κ3) is 4.43. The Morgan fingerprint density at radius 3 is 2.29 bits per heavy atom. The summed E-state index contributed by atoms with van der Waals surface area (Å²) in [7, 11) is 0. The number of hydrogen-bond donors (Lipinski definition) is 0. The summed E-state index contributed by atoms with van der Waals surface area (Å²) in [6.07, 6.45) is 3.57. The van der Waals surface area contributed by atoms with Crippen LogP contribution < -0.4 is 4.42 Å². The van der Waals surface area contributed by atoms with Gasteiger partial charge in [0.2, 0.25) is 6.19 Å². The molecule has 21 heavy (non-hydrogen) atoms. The van der Waals surface area contributed by atoms with Gasteiger partial charge in [-0.05, 0) is 42.7 Å². The summed E-state index contributed by atoms with van der Waals surface area (Å²) in [5.41, 5.74) is 0.775. The lowest BCUT2D eigenvalue weighted by Crippen LogP contribution is -2.16. The van der Waals surface area contributed by atoms with E-state index in [1.807, 2.05) is 48.7 Å². The molecule has 0 radical (unpaired) electrons. The van der Waals surface area contributed by atoms with E-state index in [4.69, 9.17) is 17.0 Å². The van der Waals surface area contributed by atoms with E-state index in [-0.39, 0.29) is 0 Å². The van der Waals surface area contributed by atoms with Crippen molar-refractivity contribution in [2.75, 3.05) is 10.7 Å². The van der Waals surface area contributed by atoms with Crippen molar-refractivity contribution in [1.29, 1.82) is 5.26 Å². The highest BCUT2D eigenvalue weighted by Crippen LogP contribution is 2.30. The number of halogens is 1. The highest BCUT2D eigenvalue weighted by molar-refractivity contribution is 8.13. The summed E-state index contributed by atoms with van der Waals surface area (Å²) >= 11 is 9.19. The summed E-state index contributed by atoms with van der Waals surface area (Å²) in [4.78, 5) is 5.99. The average Bonchev–Trinajstić information content (AvgIpc) is 2.54. The first kappa shape index (κ1) is 15.8. The minimum atomic E-state index is 0.447. The van der Waals surface area contributed by atoms with Crippen LogP contribution in [0.15, 0.2) is 69.4 Å². The fourth-order valence-electron chi connectivity index (χ4n) is 1.59. The molecule has 0 aliphatic carbocycles. The number of nitrogens with zero attached hydrogens (tertiary/aromatic N) is 3. The van der Waals surface area contributed by atoms with Crippen molar-refractivity contribution in [3.05, 3.63) is 54.6 Å². The predicted molar refractivity (Wildman–Crippen MR) is 91.9 cm³/mol. The summed E-state index contributed by atoms with van der Waals surface area (Å²) in [6, 6.07) is 18.0. The van der Waals surface area contributed by atoms with Crippen LogP contribution in [-0.2, 0) is 0 Å². The third-order valence-corrected chi connectivity index (χ3v) is 4.65. The molecule has 0 aliphatic heterocycles. The summed E-state index contributed by atoms with van der Waals surface area (Å²) < 4.78 is 1.38. The minimum absolute atomic E-state index is 0.447. The Morgan fingerprint density at radius 1 is 1.10 bits per heavy atom. The molecule has 0 N–H and O–H groups in total. The van der Waals surface area contributed by atoms with Gasteiger partial charge in [0.15, 0.2) is 5.17 Å². The van der Waals surface area contributed by atoms with E-state index in [0.29, 0.717) is 5.17 Å². The minimum Gasteiger partial charge on any atom is -0.230 e. The van der Waals surface area contributed by atoms with Gasteiger partial charge in [-0.15, -0.1) is 4.99 Å². The van der Waals surface area contributed by atoms with Crippen molar-refractivity contribution in [2.45, 2.75) is 9.79 Å². The lowest BCUT2D eigenvalue weighted by Gasteiger charge is -2.15. The number of hydrogen-bond acceptors (Lipinski definition) is 4. The van der Waals surface area contributed by atoms with Gasteiger partial charge in [0, 0.05) is 21.6 Å². The highest BCUT2D eigenvalue weighted by atomic mass is 35.5. The first-order valence-corrected chi connectivity index (χ1v) is 8.42. The Hall–Kier alpha value is -1.61. The third-order valence-electron chi connectivity index (χ3n) is 2.54. The molecule has 0 atom stereocenters. The monoisotopic (exact) mass is 333 g/mol. The van der Waals surface area contributed by atoms with Gasteiger partial charge in [-0.3, -0.25) is 0 Å². The number of nitriles is 1. The molecule has 0 unspecified atom stereocenters. The maximum Gasteiger partial charge on any atom is 0.208 e. The maximum absolute atomic E-state index is 8.63. The van der Waals surface area contributed by atoms with E-state index in [1.54, 1.807) is 18.0 Å². The van der Waals surface area contributed by atoms with Crippen LogP contribution in [-0.4, -0.2) is 11.4 Å². The molecule has 0 amide bonds. The molecule has 2 aromatic carbocycles. The van der Waals surface area contributed by atoms with E-state index in [9.17, 15) is 0 Å². The lowest BCUT2D eigenvalue weighted by atomic mass is 10.3. The molecule has 0 saturated carbocycles. The van der Waals surface area contributed by atoms with Crippen molar-refractivity contribution in [2.24, 2.45) is 4.99 Å². The van der Waals surface area contributed by atoms with Gasteiger partial charge in [0.05, 0.1) is 5.69 Å². The van der Waals surface area contributed by atoms with Crippen LogP contribution in [0, 0.1) is 11.5 Å². The second-order valence-corrected chi connectivity index (χ2v) is 6.15. The van der Waals surface area contributed by atoms with E-state index in [0.717, 1.165) is 10.6 Å². The predicted octanol–water partition coefficient (Wildman–Crippen LogP) is 5.00. The zero-order valence-corrected chi connectivity index (χ0v) is 13.6. The number of anilines is 1. The van der Waals surface area contributed by atoms with E-state index >= 15 is 0 Å². The molecule has 0 heterocycles. The number of thioether (sulfide) groups is 1. The Bertz CT molecular complexity index is 651. The van der Waals surface area contributed by atoms with Gasteiger partial charge in [0.1, 0.15) is 0 Å². The van der Waals surface area contributed by atoms with Crippen LogP contribution in [0.2, 0.25) is 0 Å². The van der Waals surface area contributed by atoms with Gasteiger partial charge in [-0.1, -0.05) is 41.7 Å². The van der Waals surface area contributed by atoms with Gasteiger partial charge >= 0.3 is 0 Å². The quantitative estimate of drug-likeness (QED) is 0.343. The van der Waals surface area contributed by atoms with Crippen LogP contribution in [0.4, 0.5) is 5.69 Å². The highest BCUT2D eigenvalue weighted by Gasteiger charge is 2.10. The summed E-state index contributed by atoms with van der Waals surface area (Å²) in [6.45, 7) is 0. The molecule has 0 aliphatic rings. The Morgan fingerprint density at radius 2 is 1.71 bits per heavy atom. The Balaban J connectivity index is 2.12. The summed E-state index contributed by atoms with van der Waals surface area (Å²) in [5.74, 6) is 0. The molecule has 3 nitrogen and oxygen atoms in total. The number of rotatable bonds is 3. The lowest BCUT2D eigenvalue weighted by molar-refractivity contribution is 1.38. The first-order chi connectivity index (χ1) is 10.2. The van der Waals surface area contributed by atoms with E-state index in [2.05, 4.69) is 17.1 Å². The normalized spacial score (nSPS) is 11.0. The maximum atomic E-state index is 8.63. The van der Waals surface area contributed by atoms with Crippen molar-refractivity contribution < 1.29 is 0 Å². The smallest absolute Gasteiger partial charge is 0.208 e. The van der Waals surface area contributed by atoms with Crippen molar-refractivity contribution >= 4 is 46.2 Å². The van der Waals surface area contributed by atoms with Crippen LogP contribution in [0.3, 0.4) is 0 Å². The SMILES string of the molecule is CSC(=NC#N)N(Cl)c1ccc(Sc2ccccc2)cc1. The van der Waals surface area contributed by atoms with Crippen molar-refractivity contribution in [3.8, 4) is 6.19 Å². The molecule has 0 aromatic heterocycles. The molecule has 0 fully saturated rings. The standard InChI is InChI=1S/C15H12ClN3S2/c1-20-15(18-11-17)19(16)12-7-9-14(10-8-12)21-13-5-3-2-4-6-13/h2-10H,1H3. The molecular formula is C15H12ClN3S2. The molecule has 2 rings (SSSR count). The first-order valence-electron chi connectivity index (χ1n) is 6.04. The fourth-order valence-corrected chi connectivity index (χ4v) is 3.19. The second-order valence-electron chi connectivity index (χ2n) is 3.89. The van der Waals surface area contributed by atoms with Gasteiger partial charge < -0.3 is 0 Å². The Kier molecular flexibility index (Phi) is 6.00. The zero-order valence-electron chi connectivity index (χ0n) is 11.2. The average molecular weight is 334 g/mol. The zero-order chi connectivity index (χ0) is 15.1. The van der Waals surface area contributed by atoms with Crippen molar-refractivity contribution in [3.63, 3.8) is 0 Å². The molecule has 0 spiro atoms.